The van der Waals surface area contributed by atoms with Gasteiger partial charge in [-0.2, -0.15) is 4.31 Å². The van der Waals surface area contributed by atoms with E-state index in [-0.39, 0.29) is 10.6 Å². The van der Waals surface area contributed by atoms with Crippen molar-refractivity contribution in [3.63, 3.8) is 0 Å². The summed E-state index contributed by atoms with van der Waals surface area (Å²) in [4.78, 5) is 11.8. The molecule has 0 heterocycles. The summed E-state index contributed by atoms with van der Waals surface area (Å²) in [5.74, 6) is -0.0680. The van der Waals surface area contributed by atoms with Gasteiger partial charge < -0.3 is 10.1 Å². The molecule has 0 aliphatic rings. The molecule has 1 atom stereocenters. The van der Waals surface area contributed by atoms with Crippen LogP contribution in [0.5, 0.6) is 5.75 Å². The Morgan fingerprint density at radius 1 is 1.36 bits per heavy atom. The number of halogens is 1. The highest BCUT2D eigenvalue weighted by Crippen LogP contribution is 2.29. The number of rotatable bonds is 7. The predicted octanol–water partition coefficient (Wildman–Crippen LogP) is 2.29. The molecule has 0 fully saturated rings. The molecular formula is C14H21ClN2O4S. The molecular weight excluding hydrogens is 328 g/mol. The zero-order valence-electron chi connectivity index (χ0n) is 13.1. The summed E-state index contributed by atoms with van der Waals surface area (Å²) < 4.78 is 31.5. The van der Waals surface area contributed by atoms with E-state index in [9.17, 15) is 13.2 Å². The highest BCUT2D eigenvalue weighted by Gasteiger charge is 2.23. The number of nitrogens with one attached hydrogen (secondary N) is 1. The SMILES string of the molecule is CCN(CC)S(=O)(=O)c1ccc(OC)c(NC(=O)[C@H](C)Cl)c1. The van der Waals surface area contributed by atoms with E-state index >= 15 is 0 Å². The molecule has 0 radical (unpaired) electrons. The van der Waals surface area contributed by atoms with E-state index in [1.54, 1.807) is 13.8 Å². The number of nitrogens with zero attached hydrogens (tertiary/aromatic N) is 1. The number of amides is 1. The lowest BCUT2D eigenvalue weighted by atomic mass is 10.3. The number of carbonyl (C=O) groups is 1. The fourth-order valence-corrected chi connectivity index (χ4v) is 3.43. The molecule has 1 N–H and O–H groups in total. The monoisotopic (exact) mass is 348 g/mol. The molecule has 1 amide bonds. The molecule has 0 saturated carbocycles. The Balaban J connectivity index is 3.28. The van der Waals surface area contributed by atoms with Crippen molar-refractivity contribution in [3.05, 3.63) is 18.2 Å². The first-order valence-electron chi connectivity index (χ1n) is 6.91. The molecule has 8 heteroatoms. The Hall–Kier alpha value is -1.31. The quantitative estimate of drug-likeness (QED) is 0.767. The van der Waals surface area contributed by atoms with Crippen LogP contribution in [0.4, 0.5) is 5.69 Å². The van der Waals surface area contributed by atoms with Crippen LogP contribution in [0.15, 0.2) is 23.1 Å². The summed E-state index contributed by atoms with van der Waals surface area (Å²) >= 11 is 5.72. The Morgan fingerprint density at radius 3 is 2.41 bits per heavy atom. The zero-order valence-corrected chi connectivity index (χ0v) is 14.7. The number of hydrogen-bond acceptors (Lipinski definition) is 4. The van der Waals surface area contributed by atoms with Gasteiger partial charge in [0.05, 0.1) is 17.7 Å². The second kappa shape index (κ2) is 7.80. The average molecular weight is 349 g/mol. The Morgan fingerprint density at radius 2 is 1.95 bits per heavy atom. The molecule has 22 heavy (non-hydrogen) atoms. The number of ether oxygens (including phenoxy) is 1. The summed E-state index contributed by atoms with van der Waals surface area (Å²) in [5.41, 5.74) is 0.272. The summed E-state index contributed by atoms with van der Waals surface area (Å²) in [6.45, 7) is 5.79. The summed E-state index contributed by atoms with van der Waals surface area (Å²) in [7, 11) is -2.17. The maximum absolute atomic E-state index is 12.5. The van der Waals surface area contributed by atoms with E-state index in [4.69, 9.17) is 16.3 Å². The van der Waals surface area contributed by atoms with Gasteiger partial charge in [0.25, 0.3) is 0 Å². The topological polar surface area (TPSA) is 75.7 Å². The van der Waals surface area contributed by atoms with Gasteiger partial charge in [-0.15, -0.1) is 11.6 Å². The highest BCUT2D eigenvalue weighted by molar-refractivity contribution is 7.89. The number of anilines is 1. The van der Waals surface area contributed by atoms with Crippen LogP contribution < -0.4 is 10.1 Å². The molecule has 0 spiro atoms. The minimum absolute atomic E-state index is 0.0922. The lowest BCUT2D eigenvalue weighted by Crippen LogP contribution is -2.30. The van der Waals surface area contributed by atoms with Crippen LogP contribution in [-0.2, 0) is 14.8 Å². The van der Waals surface area contributed by atoms with Crippen molar-refractivity contribution in [3.8, 4) is 5.75 Å². The first-order chi connectivity index (χ1) is 10.3. The Kier molecular flexibility index (Phi) is 6.65. The van der Waals surface area contributed by atoms with Gasteiger partial charge in [0.2, 0.25) is 15.9 Å². The lowest BCUT2D eigenvalue weighted by molar-refractivity contribution is -0.115. The van der Waals surface area contributed by atoms with Crippen LogP contribution in [0.25, 0.3) is 0 Å². The fraction of sp³-hybridized carbons (Fsp3) is 0.500. The normalized spacial score (nSPS) is 13.0. The summed E-state index contributed by atoms with van der Waals surface area (Å²) in [6, 6.07) is 4.33. The number of carbonyl (C=O) groups excluding carboxylic acids is 1. The van der Waals surface area contributed by atoms with Crippen molar-refractivity contribution < 1.29 is 17.9 Å². The van der Waals surface area contributed by atoms with Crippen LogP contribution in [-0.4, -0.2) is 44.2 Å². The van der Waals surface area contributed by atoms with Crippen molar-refractivity contribution in [2.75, 3.05) is 25.5 Å². The smallest absolute Gasteiger partial charge is 0.243 e. The Labute approximate surface area is 136 Å². The predicted molar refractivity (Wildman–Crippen MR) is 87.0 cm³/mol. The number of methoxy groups -OCH3 is 1. The molecule has 0 aliphatic carbocycles. The van der Waals surface area contributed by atoms with Gasteiger partial charge in [-0.3, -0.25) is 4.79 Å². The second-order valence-electron chi connectivity index (χ2n) is 4.56. The third-order valence-electron chi connectivity index (χ3n) is 3.13. The van der Waals surface area contributed by atoms with E-state index in [2.05, 4.69) is 5.32 Å². The van der Waals surface area contributed by atoms with Gasteiger partial charge in [0.1, 0.15) is 11.1 Å². The van der Waals surface area contributed by atoms with Crippen LogP contribution in [0.1, 0.15) is 20.8 Å². The zero-order chi connectivity index (χ0) is 16.9. The largest absolute Gasteiger partial charge is 0.495 e. The van der Waals surface area contributed by atoms with Gasteiger partial charge in [0.15, 0.2) is 0 Å². The molecule has 0 aromatic heterocycles. The molecule has 1 rings (SSSR count). The maximum atomic E-state index is 12.5. The van der Waals surface area contributed by atoms with Gasteiger partial charge in [0, 0.05) is 13.1 Å². The molecule has 0 saturated heterocycles. The maximum Gasteiger partial charge on any atom is 0.243 e. The van der Waals surface area contributed by atoms with Gasteiger partial charge in [-0.05, 0) is 25.1 Å². The minimum Gasteiger partial charge on any atom is -0.495 e. The molecule has 1 aromatic rings. The van der Waals surface area contributed by atoms with Gasteiger partial charge in [-0.25, -0.2) is 8.42 Å². The number of alkyl halides is 1. The van der Waals surface area contributed by atoms with Gasteiger partial charge in [-0.1, -0.05) is 13.8 Å². The van der Waals surface area contributed by atoms with E-state index in [1.807, 2.05) is 0 Å². The first-order valence-corrected chi connectivity index (χ1v) is 8.78. The average Bonchev–Trinajstić information content (AvgIpc) is 2.47. The minimum atomic E-state index is -3.61. The van der Waals surface area contributed by atoms with E-state index < -0.39 is 21.3 Å². The Bertz CT molecular complexity index is 628. The fourth-order valence-electron chi connectivity index (χ4n) is 1.89. The van der Waals surface area contributed by atoms with Crippen LogP contribution >= 0.6 is 11.6 Å². The lowest BCUT2D eigenvalue weighted by Gasteiger charge is -2.19. The van der Waals surface area contributed by atoms with E-state index in [0.29, 0.717) is 18.8 Å². The molecule has 0 bridgehead atoms. The third-order valence-corrected chi connectivity index (χ3v) is 5.38. The van der Waals surface area contributed by atoms with Crippen LogP contribution in [0, 0.1) is 0 Å². The van der Waals surface area contributed by atoms with Crippen LogP contribution in [0.2, 0.25) is 0 Å². The van der Waals surface area contributed by atoms with Crippen molar-refractivity contribution in [2.24, 2.45) is 0 Å². The summed E-state index contributed by atoms with van der Waals surface area (Å²) in [6.07, 6.45) is 0. The highest BCUT2D eigenvalue weighted by atomic mass is 35.5. The molecule has 1 aromatic carbocycles. The van der Waals surface area contributed by atoms with Crippen molar-refractivity contribution in [1.82, 2.24) is 4.31 Å². The molecule has 6 nitrogen and oxygen atoms in total. The number of sulfonamides is 1. The molecule has 0 unspecified atom stereocenters. The van der Waals surface area contributed by atoms with Crippen LogP contribution in [0.3, 0.4) is 0 Å². The van der Waals surface area contributed by atoms with E-state index in [0.717, 1.165) is 0 Å². The third kappa shape index (κ3) is 4.12. The first kappa shape index (κ1) is 18.7. The second-order valence-corrected chi connectivity index (χ2v) is 7.15. The summed E-state index contributed by atoms with van der Waals surface area (Å²) in [5, 5.41) is 1.83. The van der Waals surface area contributed by atoms with Crippen molar-refractivity contribution >= 4 is 33.2 Å². The number of benzene rings is 1. The number of hydrogen-bond donors (Lipinski definition) is 1. The van der Waals surface area contributed by atoms with Gasteiger partial charge >= 0.3 is 0 Å². The standard InChI is InChI=1S/C14H21ClN2O4S/c1-5-17(6-2)22(19,20)11-7-8-13(21-4)12(9-11)16-14(18)10(3)15/h7-10H,5-6H2,1-4H3,(H,16,18)/t10-/m0/s1. The molecule has 124 valence electrons. The van der Waals surface area contributed by atoms with Crippen molar-refractivity contribution in [1.29, 1.82) is 0 Å². The van der Waals surface area contributed by atoms with E-state index in [1.165, 1.54) is 36.5 Å². The van der Waals surface area contributed by atoms with Crippen molar-refractivity contribution in [2.45, 2.75) is 31.0 Å². The molecule has 0 aliphatic heterocycles.